The van der Waals surface area contributed by atoms with E-state index in [-0.39, 0.29) is 59.8 Å². The molecule has 0 aromatic rings. The second kappa shape index (κ2) is 64.1. The van der Waals surface area contributed by atoms with Gasteiger partial charge in [0, 0.05) is 0 Å². The molecule has 34 valence electrons. The van der Waals surface area contributed by atoms with E-state index >= 15 is 0 Å². The Hall–Kier alpha value is 3.00. The normalized spacial score (nSPS) is 0.857. The van der Waals surface area contributed by atoms with Crippen LogP contribution in [-0.4, -0.2) is 89.1 Å². The van der Waals surface area contributed by atoms with Gasteiger partial charge in [0.15, 0.2) is 0 Å². The van der Waals surface area contributed by atoms with Crippen LogP contribution in [0.3, 0.4) is 0 Å². The average molecular weight is 289 g/mol. The third-order valence-corrected chi connectivity index (χ3v) is 0. The van der Waals surface area contributed by atoms with Gasteiger partial charge in [-0.25, -0.2) is 0 Å². The van der Waals surface area contributed by atoms with Gasteiger partial charge in [-0.05, 0) is 0 Å². The molecule has 0 saturated carbocycles. The summed E-state index contributed by atoms with van der Waals surface area (Å²) in [6, 6.07) is 0. The third kappa shape index (κ3) is 49.0. The first-order chi connectivity index (χ1) is 2.00. The maximum Gasteiger partial charge on any atom is 2.00 e. The molecule has 7 heavy (non-hydrogen) atoms. The van der Waals surface area contributed by atoms with Crippen LogP contribution in [0.15, 0.2) is 0 Å². The number of rotatable bonds is 0. The molecule has 0 spiro atoms. The molecule has 0 atom stereocenters. The summed E-state index contributed by atoms with van der Waals surface area (Å²) in [7, 11) is 8.00. The zero-order valence-corrected chi connectivity index (χ0v) is 12.0. The van der Waals surface area contributed by atoms with Gasteiger partial charge in [0.1, 0.15) is 0 Å². The van der Waals surface area contributed by atoms with E-state index in [1.807, 2.05) is 29.3 Å². The van der Waals surface area contributed by atoms with Gasteiger partial charge < -0.3 is 11.0 Å². The summed E-state index contributed by atoms with van der Waals surface area (Å²) < 4.78 is 0. The van der Waals surface area contributed by atoms with Crippen LogP contribution in [0.5, 0.6) is 0 Å². The van der Waals surface area contributed by atoms with E-state index < -0.39 is 0 Å². The van der Waals surface area contributed by atoms with Gasteiger partial charge in [-0.2, -0.15) is 0 Å². The molecule has 0 unspecified atom stereocenters. The molecule has 0 heterocycles. The average Bonchev–Trinajstić information content (AvgIpc) is 1.50. The standard InChI is InChI=1S/2Al.Ba.2H2O.2S/h;;;2*1H2;;/q;;+2;;;;/p-2. The van der Waals surface area contributed by atoms with Gasteiger partial charge in [0.2, 0.25) is 0 Å². The van der Waals surface area contributed by atoms with E-state index in [9.17, 15) is 0 Å². The Morgan fingerprint density at radius 2 is 0.714 bits per heavy atom. The van der Waals surface area contributed by atoms with Crippen molar-refractivity contribution >= 4 is 99.2 Å². The zero-order valence-electron chi connectivity index (χ0n) is 3.57. The Bertz CT molecular complexity index is 15.7. The van der Waals surface area contributed by atoms with Crippen LogP contribution in [0.1, 0.15) is 0 Å². The summed E-state index contributed by atoms with van der Waals surface area (Å²) in [5, 5.41) is 0. The van der Waals surface area contributed by atoms with Gasteiger partial charge in [0.25, 0.3) is 0 Å². The zero-order chi connectivity index (χ0) is 4.00. The third-order valence-electron chi connectivity index (χ3n) is 0. The fourth-order valence-electron chi connectivity index (χ4n) is 0. The van der Waals surface area contributed by atoms with Crippen molar-refractivity contribution in [1.82, 2.24) is 0 Å². The van der Waals surface area contributed by atoms with E-state index in [1.165, 1.54) is 0 Å². The van der Waals surface area contributed by atoms with E-state index in [0.29, 0.717) is 0 Å². The Balaban J connectivity index is -0.00000000267. The van der Waals surface area contributed by atoms with E-state index in [0.717, 1.165) is 0 Å². The molecule has 0 amide bonds. The first-order valence-corrected chi connectivity index (χ1v) is 4.24. The molecule has 2 nitrogen and oxygen atoms in total. The van der Waals surface area contributed by atoms with Gasteiger partial charge in [-0.3, -0.25) is 0 Å². The fourth-order valence-corrected chi connectivity index (χ4v) is 0. The van der Waals surface area contributed by atoms with Crippen LogP contribution in [0.25, 0.3) is 0 Å². The van der Waals surface area contributed by atoms with Crippen LogP contribution in [0, 0.1) is 0 Å². The predicted molar refractivity (Wildman–Crippen MR) is 36.3 cm³/mol. The molecular formula is H2Al2BaO2S2. The van der Waals surface area contributed by atoms with Gasteiger partial charge in [-0.1, -0.05) is 0 Å². The van der Waals surface area contributed by atoms with E-state index in [2.05, 4.69) is 21.0 Å². The fraction of sp³-hybridized carbons (Fsp3) is 0. The van der Waals surface area contributed by atoms with Crippen LogP contribution in [-0.2, 0) is 0 Å². The Labute approximate surface area is 108 Å². The molecule has 0 fully saturated rings. The molecule has 0 bridgehead atoms. The van der Waals surface area contributed by atoms with Crippen LogP contribution in [0.4, 0.5) is 0 Å². The summed E-state index contributed by atoms with van der Waals surface area (Å²) in [6.07, 6.45) is 0. The molecule has 0 aliphatic heterocycles. The molecule has 0 aliphatic rings. The molecule has 2 N–H and O–H groups in total. The van der Waals surface area contributed by atoms with Crippen molar-refractivity contribution in [3.8, 4) is 0 Å². The monoisotopic (exact) mass is 290 g/mol. The Morgan fingerprint density at radius 1 is 0.714 bits per heavy atom. The van der Waals surface area contributed by atoms with Crippen molar-refractivity contribution in [2.45, 2.75) is 0 Å². The molecular weight excluding hydrogens is 287 g/mol. The van der Waals surface area contributed by atoms with Gasteiger partial charge >= 0.3 is 99.2 Å². The molecule has 0 rings (SSSR count). The molecule has 0 aromatic carbocycles. The largest absolute Gasteiger partial charge is 2.00 e. The molecule has 0 aromatic heterocycles. The molecule has 0 saturated heterocycles. The quantitative estimate of drug-likeness (QED) is 0.580. The van der Waals surface area contributed by atoms with Crippen molar-refractivity contribution < 1.29 is 11.0 Å². The first-order valence-electron chi connectivity index (χ1n) is 0.471. The summed E-state index contributed by atoms with van der Waals surface area (Å²) in [5.41, 5.74) is 0. The van der Waals surface area contributed by atoms with Crippen LogP contribution in [0.2, 0.25) is 0 Å². The van der Waals surface area contributed by atoms with E-state index in [1.54, 1.807) is 0 Å². The SMILES string of the molecule is [Al]=[S].[Al]=[S].[Ba+2].[OH-].[OH-]. The Kier molecular flexibility index (Phi) is 297. The summed E-state index contributed by atoms with van der Waals surface area (Å²) in [6.45, 7) is 0. The van der Waals surface area contributed by atoms with Crippen molar-refractivity contribution in [2.75, 3.05) is 0 Å². The second-order valence-electron chi connectivity index (χ2n) is 0. The van der Waals surface area contributed by atoms with Gasteiger partial charge in [0.05, 0.1) is 0 Å². The first kappa shape index (κ1) is 32.4. The minimum Gasteiger partial charge on any atom is -0.870 e. The smallest absolute Gasteiger partial charge is 0.870 e. The number of hydrogen-bond donors (Lipinski definition) is 0. The van der Waals surface area contributed by atoms with Crippen molar-refractivity contribution in [1.29, 1.82) is 0 Å². The maximum atomic E-state index is 4.00. The minimum absolute atomic E-state index is 0. The van der Waals surface area contributed by atoms with Crippen LogP contribution < -0.4 is 0 Å². The Morgan fingerprint density at radius 3 is 0.714 bits per heavy atom. The second-order valence-corrected chi connectivity index (χ2v) is 0. The maximum absolute atomic E-state index is 4.00. The summed E-state index contributed by atoms with van der Waals surface area (Å²) >= 11 is 4.00. The molecule has 0 aliphatic carbocycles. The number of hydrogen-bond acceptors (Lipinski definition) is 4. The minimum atomic E-state index is 0. The van der Waals surface area contributed by atoms with Crippen LogP contribution >= 0.6 is 21.0 Å². The molecule has 7 heteroatoms. The van der Waals surface area contributed by atoms with Crippen molar-refractivity contribution in [2.24, 2.45) is 0 Å². The summed E-state index contributed by atoms with van der Waals surface area (Å²) in [5.74, 6) is 0. The predicted octanol–water partition coefficient (Wildman–Crippen LogP) is -0.200. The van der Waals surface area contributed by atoms with Crippen molar-refractivity contribution in [3.63, 3.8) is 0 Å². The van der Waals surface area contributed by atoms with E-state index in [4.69, 9.17) is 0 Å². The topological polar surface area (TPSA) is 60.0 Å². The molecule has 2 radical (unpaired) electrons. The summed E-state index contributed by atoms with van der Waals surface area (Å²) in [4.78, 5) is 0. The van der Waals surface area contributed by atoms with Crippen molar-refractivity contribution in [3.05, 3.63) is 0 Å². The van der Waals surface area contributed by atoms with Gasteiger partial charge in [-0.15, -0.1) is 0 Å².